The Morgan fingerprint density at radius 2 is 2.25 bits per heavy atom. The van der Waals surface area contributed by atoms with Crippen molar-refractivity contribution in [3.63, 3.8) is 0 Å². The van der Waals surface area contributed by atoms with E-state index in [1.807, 2.05) is 12.3 Å². The third-order valence-corrected chi connectivity index (χ3v) is 4.18. The number of hydrogen-bond acceptors (Lipinski definition) is 2. The van der Waals surface area contributed by atoms with Gasteiger partial charge < -0.3 is 15.3 Å². The van der Waals surface area contributed by atoms with E-state index in [0.717, 1.165) is 36.1 Å². The average molecular weight is 314 g/mol. The lowest BCUT2D eigenvalue weighted by atomic mass is 9.87. The molecular weight excluding hydrogens is 297 g/mol. The van der Waals surface area contributed by atoms with E-state index in [4.69, 9.17) is 18.0 Å². The van der Waals surface area contributed by atoms with Crippen LogP contribution in [0.1, 0.15) is 29.3 Å². The fourth-order valence-electron chi connectivity index (χ4n) is 2.93. The first-order valence-corrected chi connectivity index (χ1v) is 6.86. The highest BCUT2D eigenvalue weighted by Gasteiger charge is 2.23. The van der Waals surface area contributed by atoms with Crippen LogP contribution >= 0.6 is 24.6 Å². The van der Waals surface area contributed by atoms with Crippen molar-refractivity contribution >= 4 is 24.6 Å². The Hall–Kier alpha value is -1.17. The summed E-state index contributed by atoms with van der Waals surface area (Å²) in [5, 5.41) is 0. The number of halogens is 2. The number of H-pyrrole nitrogens is 1. The Balaban J connectivity index is 0.00000147. The van der Waals surface area contributed by atoms with Gasteiger partial charge in [-0.05, 0) is 48.7 Å². The van der Waals surface area contributed by atoms with E-state index in [0.29, 0.717) is 11.3 Å². The molecule has 0 amide bonds. The summed E-state index contributed by atoms with van der Waals surface area (Å²) in [6.45, 7) is 0.458. The monoisotopic (exact) mass is 313 g/mol. The molecule has 3 nitrogen and oxygen atoms in total. The summed E-state index contributed by atoms with van der Waals surface area (Å²) in [5.74, 6) is -0.0901. The maximum atomic E-state index is 13.7. The van der Waals surface area contributed by atoms with Gasteiger partial charge >= 0.3 is 0 Å². The van der Waals surface area contributed by atoms with Crippen LogP contribution in [0.4, 0.5) is 4.39 Å². The van der Waals surface area contributed by atoms with Crippen molar-refractivity contribution in [1.82, 2.24) is 9.55 Å². The molecular formula is C14H17ClFN3S. The molecule has 20 heavy (non-hydrogen) atoms. The van der Waals surface area contributed by atoms with Crippen molar-refractivity contribution in [3.05, 3.63) is 51.8 Å². The molecule has 0 saturated carbocycles. The summed E-state index contributed by atoms with van der Waals surface area (Å²) in [6, 6.07) is 5.58. The predicted octanol–water partition coefficient (Wildman–Crippen LogP) is 3.30. The van der Waals surface area contributed by atoms with Gasteiger partial charge in [-0.25, -0.2) is 4.39 Å². The van der Waals surface area contributed by atoms with E-state index in [1.54, 1.807) is 6.07 Å². The molecule has 1 unspecified atom stereocenters. The van der Waals surface area contributed by atoms with Gasteiger partial charge in [0.1, 0.15) is 5.82 Å². The topological polar surface area (TPSA) is 46.7 Å². The van der Waals surface area contributed by atoms with Crippen LogP contribution in [0.3, 0.4) is 0 Å². The Labute approximate surface area is 128 Å². The molecule has 3 N–H and O–H groups in total. The van der Waals surface area contributed by atoms with E-state index in [1.165, 1.54) is 6.07 Å². The van der Waals surface area contributed by atoms with Gasteiger partial charge in [0.05, 0.1) is 5.69 Å². The van der Waals surface area contributed by atoms with E-state index < -0.39 is 0 Å². The Kier molecular flexibility index (Phi) is 4.62. The second kappa shape index (κ2) is 6.08. The second-order valence-corrected chi connectivity index (χ2v) is 5.32. The zero-order valence-electron chi connectivity index (χ0n) is 10.9. The summed E-state index contributed by atoms with van der Waals surface area (Å²) in [6.07, 6.45) is 4.33. The van der Waals surface area contributed by atoms with Gasteiger partial charge in [0.15, 0.2) is 4.77 Å². The Morgan fingerprint density at radius 3 is 3.00 bits per heavy atom. The van der Waals surface area contributed by atoms with Crippen LogP contribution in [-0.4, -0.2) is 9.55 Å². The molecule has 1 aliphatic carbocycles. The fourth-order valence-corrected chi connectivity index (χ4v) is 3.26. The third kappa shape index (κ3) is 2.53. The molecule has 0 saturated heterocycles. The van der Waals surface area contributed by atoms with Crippen molar-refractivity contribution in [2.24, 2.45) is 5.73 Å². The van der Waals surface area contributed by atoms with E-state index in [-0.39, 0.29) is 24.3 Å². The molecule has 108 valence electrons. The molecule has 0 bridgehead atoms. The lowest BCUT2D eigenvalue weighted by Crippen LogP contribution is -2.22. The lowest BCUT2D eigenvalue weighted by molar-refractivity contribution is 0.419. The lowest BCUT2D eigenvalue weighted by Gasteiger charge is -2.27. The summed E-state index contributed by atoms with van der Waals surface area (Å²) in [7, 11) is 0. The predicted molar refractivity (Wildman–Crippen MR) is 82.2 cm³/mol. The van der Waals surface area contributed by atoms with Gasteiger partial charge in [0.2, 0.25) is 0 Å². The number of imidazole rings is 1. The Morgan fingerprint density at radius 1 is 1.45 bits per heavy atom. The quantitative estimate of drug-likeness (QED) is 0.836. The number of rotatable bonds is 2. The maximum Gasteiger partial charge on any atom is 0.177 e. The summed E-state index contributed by atoms with van der Waals surface area (Å²) in [5.41, 5.74) is 8.69. The van der Waals surface area contributed by atoms with Crippen LogP contribution < -0.4 is 5.73 Å². The minimum Gasteiger partial charge on any atom is -0.337 e. The molecule has 2 aromatic rings. The molecule has 0 fully saturated rings. The van der Waals surface area contributed by atoms with Crippen molar-refractivity contribution in [3.8, 4) is 0 Å². The molecule has 6 heteroatoms. The molecule has 1 aliphatic rings. The third-order valence-electron chi connectivity index (χ3n) is 3.86. The van der Waals surface area contributed by atoms with Gasteiger partial charge in [-0.3, -0.25) is 0 Å². The number of aromatic nitrogens is 2. The number of nitrogens with two attached hydrogens (primary N) is 1. The Bertz CT molecular complexity index is 665. The van der Waals surface area contributed by atoms with Gasteiger partial charge in [-0.2, -0.15) is 0 Å². The maximum absolute atomic E-state index is 13.7. The highest BCUT2D eigenvalue weighted by atomic mass is 35.5. The first-order valence-electron chi connectivity index (χ1n) is 6.46. The normalized spacial score (nSPS) is 17.4. The van der Waals surface area contributed by atoms with Crippen molar-refractivity contribution in [2.45, 2.75) is 31.8 Å². The minimum atomic E-state index is -0.0901. The smallest absolute Gasteiger partial charge is 0.177 e. The molecule has 0 aliphatic heterocycles. The van der Waals surface area contributed by atoms with E-state index in [9.17, 15) is 4.39 Å². The molecule has 1 atom stereocenters. The largest absolute Gasteiger partial charge is 0.337 e. The van der Waals surface area contributed by atoms with Crippen LogP contribution in [0, 0.1) is 10.6 Å². The summed E-state index contributed by atoms with van der Waals surface area (Å²) in [4.78, 5) is 3.04. The number of aromatic amines is 1. The zero-order chi connectivity index (χ0) is 13.4. The molecule has 1 heterocycles. The zero-order valence-corrected chi connectivity index (χ0v) is 12.6. The van der Waals surface area contributed by atoms with Crippen molar-refractivity contribution in [1.29, 1.82) is 0 Å². The highest BCUT2D eigenvalue weighted by Crippen LogP contribution is 2.31. The average Bonchev–Trinajstić information content (AvgIpc) is 2.80. The number of benzene rings is 1. The second-order valence-electron chi connectivity index (χ2n) is 4.93. The van der Waals surface area contributed by atoms with E-state index in [2.05, 4.69) is 9.55 Å². The number of nitrogens with one attached hydrogen (secondary N) is 1. The van der Waals surface area contributed by atoms with Crippen LogP contribution in [0.25, 0.3) is 0 Å². The number of nitrogens with zero attached hydrogens (tertiary/aromatic N) is 1. The van der Waals surface area contributed by atoms with Crippen LogP contribution in [-0.2, 0) is 19.4 Å². The van der Waals surface area contributed by atoms with Crippen LogP contribution in [0.5, 0.6) is 0 Å². The molecule has 0 spiro atoms. The molecule has 3 rings (SSSR count). The molecule has 0 radical (unpaired) electrons. The standard InChI is InChI=1S/C14H16FN3S.ClH/c15-13-3-1-2-9-6-10(4-5-12(9)13)18-11(7-16)8-17-14(18)19;/h1-3,8,10H,4-7,16H2,(H,17,19);1H. The summed E-state index contributed by atoms with van der Waals surface area (Å²) < 4.78 is 16.5. The first kappa shape index (κ1) is 15.2. The van der Waals surface area contributed by atoms with Gasteiger partial charge in [-0.1, -0.05) is 12.1 Å². The van der Waals surface area contributed by atoms with Crippen LogP contribution in [0.15, 0.2) is 24.4 Å². The number of fused-ring (bicyclic) bond motifs is 1. The molecule has 1 aromatic carbocycles. The fraction of sp³-hybridized carbons (Fsp3) is 0.357. The number of hydrogen-bond donors (Lipinski definition) is 2. The minimum absolute atomic E-state index is 0. The van der Waals surface area contributed by atoms with Crippen molar-refractivity contribution < 1.29 is 4.39 Å². The highest BCUT2D eigenvalue weighted by molar-refractivity contribution is 7.71. The SMILES string of the molecule is Cl.NCc1c[nH]c(=S)n1C1CCc2c(F)cccc2C1. The van der Waals surface area contributed by atoms with Gasteiger partial charge in [0.25, 0.3) is 0 Å². The van der Waals surface area contributed by atoms with Gasteiger partial charge in [-0.15, -0.1) is 12.4 Å². The molecule has 1 aromatic heterocycles. The first-order chi connectivity index (χ1) is 9.20. The van der Waals surface area contributed by atoms with Crippen molar-refractivity contribution in [2.75, 3.05) is 0 Å². The summed E-state index contributed by atoms with van der Waals surface area (Å²) >= 11 is 5.32. The van der Waals surface area contributed by atoms with E-state index >= 15 is 0 Å². The van der Waals surface area contributed by atoms with Gasteiger partial charge in [0, 0.05) is 18.8 Å². The van der Waals surface area contributed by atoms with Crippen LogP contribution in [0.2, 0.25) is 0 Å².